The minimum atomic E-state index is 0.153. The van der Waals surface area contributed by atoms with Crippen molar-refractivity contribution < 1.29 is 4.52 Å². The average molecular weight is 230 g/mol. The average Bonchev–Trinajstić information content (AvgIpc) is 2.98. The summed E-state index contributed by atoms with van der Waals surface area (Å²) in [5.41, 5.74) is 6.94. The van der Waals surface area contributed by atoms with Crippen LogP contribution < -0.4 is 5.73 Å². The van der Waals surface area contributed by atoms with Gasteiger partial charge in [-0.15, -0.1) is 0 Å². The van der Waals surface area contributed by atoms with Gasteiger partial charge in [-0.25, -0.2) is 0 Å². The van der Waals surface area contributed by atoms with Crippen LogP contribution in [0.2, 0.25) is 0 Å². The third kappa shape index (κ3) is 1.93. The van der Waals surface area contributed by atoms with E-state index in [4.69, 9.17) is 10.3 Å². The van der Waals surface area contributed by atoms with Crippen LogP contribution in [0.5, 0.6) is 0 Å². The van der Waals surface area contributed by atoms with Crippen LogP contribution in [0.3, 0.4) is 0 Å². The van der Waals surface area contributed by atoms with Gasteiger partial charge in [-0.2, -0.15) is 4.98 Å². The van der Waals surface area contributed by atoms with Crippen LogP contribution in [0.4, 0.5) is 0 Å². The largest absolute Gasteiger partial charge is 0.339 e. The minimum absolute atomic E-state index is 0.153. The first-order chi connectivity index (χ1) is 8.34. The fourth-order valence-corrected chi connectivity index (χ4v) is 2.30. The molecule has 5 nitrogen and oxygen atoms in total. The van der Waals surface area contributed by atoms with Crippen LogP contribution in [0.1, 0.15) is 31.1 Å². The molecule has 2 N–H and O–H groups in total. The van der Waals surface area contributed by atoms with Crippen LogP contribution in [-0.2, 0) is 0 Å². The molecule has 2 aromatic rings. The first kappa shape index (κ1) is 10.4. The summed E-state index contributed by atoms with van der Waals surface area (Å²) >= 11 is 0. The van der Waals surface area contributed by atoms with Gasteiger partial charge < -0.3 is 10.3 Å². The molecule has 2 atom stereocenters. The molecule has 0 saturated heterocycles. The Kier molecular flexibility index (Phi) is 2.60. The Labute approximate surface area is 99.1 Å². The molecule has 0 radical (unpaired) electrons. The van der Waals surface area contributed by atoms with Gasteiger partial charge in [-0.05, 0) is 25.0 Å². The van der Waals surface area contributed by atoms with Gasteiger partial charge in [0.15, 0.2) is 0 Å². The molecular weight excluding hydrogens is 216 g/mol. The lowest BCUT2D eigenvalue weighted by atomic mass is 10.1. The van der Waals surface area contributed by atoms with E-state index in [1.807, 2.05) is 12.1 Å². The van der Waals surface area contributed by atoms with E-state index in [0.29, 0.717) is 11.7 Å². The third-order valence-electron chi connectivity index (χ3n) is 3.27. The van der Waals surface area contributed by atoms with Crippen LogP contribution in [0.15, 0.2) is 29.0 Å². The van der Waals surface area contributed by atoms with Gasteiger partial charge in [0.25, 0.3) is 0 Å². The number of hydrogen-bond donors (Lipinski definition) is 1. The fraction of sp³-hybridized carbons (Fsp3) is 0.417. The summed E-state index contributed by atoms with van der Waals surface area (Å²) < 4.78 is 5.31. The second-order valence-electron chi connectivity index (χ2n) is 4.39. The lowest BCUT2D eigenvalue weighted by molar-refractivity contribution is 0.345. The number of rotatable bonds is 2. The molecule has 1 saturated carbocycles. The van der Waals surface area contributed by atoms with Gasteiger partial charge in [-0.3, -0.25) is 4.98 Å². The van der Waals surface area contributed by atoms with Crippen LogP contribution >= 0.6 is 0 Å². The highest BCUT2D eigenvalue weighted by atomic mass is 16.5. The quantitative estimate of drug-likeness (QED) is 0.850. The van der Waals surface area contributed by atoms with E-state index in [2.05, 4.69) is 15.1 Å². The van der Waals surface area contributed by atoms with Gasteiger partial charge in [0, 0.05) is 24.0 Å². The lowest BCUT2D eigenvalue weighted by Gasteiger charge is -2.08. The van der Waals surface area contributed by atoms with E-state index in [1.165, 1.54) is 0 Å². The molecule has 88 valence electrons. The molecule has 5 heteroatoms. The zero-order valence-electron chi connectivity index (χ0n) is 9.41. The molecule has 0 unspecified atom stereocenters. The molecule has 0 aliphatic heterocycles. The van der Waals surface area contributed by atoms with E-state index in [9.17, 15) is 0 Å². The predicted molar refractivity (Wildman–Crippen MR) is 62.1 cm³/mol. The Bertz CT molecular complexity index is 496. The van der Waals surface area contributed by atoms with Crippen molar-refractivity contribution in [3.63, 3.8) is 0 Å². The van der Waals surface area contributed by atoms with Gasteiger partial charge in [0.1, 0.15) is 0 Å². The predicted octanol–water partition coefficient (Wildman–Crippen LogP) is 1.73. The second kappa shape index (κ2) is 4.25. The van der Waals surface area contributed by atoms with Crippen LogP contribution in [0, 0.1) is 0 Å². The van der Waals surface area contributed by atoms with E-state index in [1.54, 1.807) is 12.4 Å². The highest BCUT2D eigenvalue weighted by molar-refractivity contribution is 5.52. The maximum Gasteiger partial charge on any atom is 0.231 e. The molecular formula is C12H14N4O. The molecule has 1 aliphatic rings. The van der Waals surface area contributed by atoms with Crippen molar-refractivity contribution in [1.29, 1.82) is 0 Å². The van der Waals surface area contributed by atoms with Crippen molar-refractivity contribution in [3.8, 4) is 11.4 Å². The number of pyridine rings is 1. The Balaban J connectivity index is 1.88. The van der Waals surface area contributed by atoms with Crippen LogP contribution in [0.25, 0.3) is 11.4 Å². The smallest absolute Gasteiger partial charge is 0.231 e. The molecule has 3 rings (SSSR count). The molecule has 2 heterocycles. The zero-order chi connectivity index (χ0) is 11.7. The Morgan fingerprint density at radius 1 is 1.24 bits per heavy atom. The Morgan fingerprint density at radius 3 is 2.76 bits per heavy atom. The van der Waals surface area contributed by atoms with Gasteiger partial charge in [-0.1, -0.05) is 11.6 Å². The SMILES string of the molecule is N[C@@H]1CCC[C@@H]1c1nc(-c2ccncc2)no1. The summed E-state index contributed by atoms with van der Waals surface area (Å²) in [5, 5.41) is 4.00. The molecule has 0 aromatic carbocycles. The maximum absolute atomic E-state index is 6.02. The molecule has 17 heavy (non-hydrogen) atoms. The lowest BCUT2D eigenvalue weighted by Crippen LogP contribution is -2.22. The summed E-state index contributed by atoms with van der Waals surface area (Å²) in [6.07, 6.45) is 6.65. The van der Waals surface area contributed by atoms with Crippen molar-refractivity contribution in [3.05, 3.63) is 30.4 Å². The number of aromatic nitrogens is 3. The number of hydrogen-bond acceptors (Lipinski definition) is 5. The molecule has 1 fully saturated rings. The van der Waals surface area contributed by atoms with Gasteiger partial charge >= 0.3 is 0 Å². The van der Waals surface area contributed by atoms with Crippen molar-refractivity contribution in [1.82, 2.24) is 15.1 Å². The highest BCUT2D eigenvalue weighted by Crippen LogP contribution is 2.33. The highest BCUT2D eigenvalue weighted by Gasteiger charge is 2.30. The molecule has 0 amide bonds. The van der Waals surface area contributed by atoms with Gasteiger partial charge in [0.2, 0.25) is 11.7 Å². The van der Waals surface area contributed by atoms with Crippen molar-refractivity contribution in [2.45, 2.75) is 31.2 Å². The van der Waals surface area contributed by atoms with E-state index in [-0.39, 0.29) is 12.0 Å². The fourth-order valence-electron chi connectivity index (χ4n) is 2.30. The number of nitrogens with zero attached hydrogens (tertiary/aromatic N) is 3. The topological polar surface area (TPSA) is 77.8 Å². The normalized spacial score (nSPS) is 24.1. The maximum atomic E-state index is 6.02. The Morgan fingerprint density at radius 2 is 2.06 bits per heavy atom. The monoisotopic (exact) mass is 230 g/mol. The first-order valence-electron chi connectivity index (χ1n) is 5.84. The minimum Gasteiger partial charge on any atom is -0.339 e. The number of nitrogens with two attached hydrogens (primary N) is 1. The van der Waals surface area contributed by atoms with E-state index < -0.39 is 0 Å². The summed E-state index contributed by atoms with van der Waals surface area (Å²) in [6, 6.07) is 3.88. The van der Waals surface area contributed by atoms with Gasteiger partial charge in [0.05, 0.1) is 5.92 Å². The molecule has 0 spiro atoms. The zero-order valence-corrected chi connectivity index (χ0v) is 9.41. The summed E-state index contributed by atoms with van der Waals surface area (Å²) in [7, 11) is 0. The van der Waals surface area contributed by atoms with Crippen molar-refractivity contribution in [2.75, 3.05) is 0 Å². The van der Waals surface area contributed by atoms with E-state index >= 15 is 0 Å². The summed E-state index contributed by atoms with van der Waals surface area (Å²) in [4.78, 5) is 8.39. The van der Waals surface area contributed by atoms with Crippen molar-refractivity contribution in [2.24, 2.45) is 5.73 Å². The van der Waals surface area contributed by atoms with Crippen molar-refractivity contribution >= 4 is 0 Å². The summed E-state index contributed by atoms with van der Waals surface area (Å²) in [5.74, 6) is 1.50. The second-order valence-corrected chi connectivity index (χ2v) is 4.39. The van der Waals surface area contributed by atoms with Crippen LogP contribution in [-0.4, -0.2) is 21.2 Å². The summed E-state index contributed by atoms with van der Waals surface area (Å²) in [6.45, 7) is 0. The molecule has 2 aromatic heterocycles. The third-order valence-corrected chi connectivity index (χ3v) is 3.27. The first-order valence-corrected chi connectivity index (χ1v) is 5.84. The Hall–Kier alpha value is -1.75. The molecule has 1 aliphatic carbocycles. The standard InChI is InChI=1S/C12H14N4O/c13-10-3-1-2-9(10)12-15-11(16-17-12)8-4-6-14-7-5-8/h4-7,9-10H,1-3,13H2/t9-,10+/m0/s1. The molecule has 0 bridgehead atoms. The van der Waals surface area contributed by atoms with E-state index in [0.717, 1.165) is 24.8 Å².